The van der Waals surface area contributed by atoms with E-state index in [1.165, 1.54) is 0 Å². The standard InChI is InChI=1S/C27H44O3Si/c1-19(2)25-16-11-9-10-13-23(14-12-15-24-17-18-26(25)29-24)27(28)30-31(20(3)4,21(5)6)22(7)8/h9,13,17-23,25H,11-12,14-16H2,1-8H3. The van der Waals surface area contributed by atoms with Crippen molar-refractivity contribution in [1.29, 1.82) is 0 Å². The van der Waals surface area contributed by atoms with Crippen molar-refractivity contribution in [3.63, 3.8) is 0 Å². The summed E-state index contributed by atoms with van der Waals surface area (Å²) in [5.41, 5.74) is 4.49. The molecule has 2 unspecified atom stereocenters. The van der Waals surface area contributed by atoms with Crippen molar-refractivity contribution in [2.24, 2.45) is 11.8 Å². The van der Waals surface area contributed by atoms with Gasteiger partial charge in [-0.05, 0) is 72.5 Å². The number of carbonyl (C=O) groups excluding carboxylic acids is 1. The summed E-state index contributed by atoms with van der Waals surface area (Å²) in [4.78, 5) is 13.4. The second-order valence-electron chi connectivity index (χ2n) is 10.5. The Bertz CT molecular complexity index is 743. The zero-order valence-corrected chi connectivity index (χ0v) is 22.0. The summed E-state index contributed by atoms with van der Waals surface area (Å²) < 4.78 is 12.7. The van der Waals surface area contributed by atoms with Gasteiger partial charge in [-0.15, -0.1) is 5.73 Å². The quantitative estimate of drug-likeness (QED) is 0.328. The summed E-state index contributed by atoms with van der Waals surface area (Å²) >= 11 is 0. The number of hydrogen-bond acceptors (Lipinski definition) is 3. The molecule has 0 N–H and O–H groups in total. The molecule has 0 amide bonds. The van der Waals surface area contributed by atoms with Crippen molar-refractivity contribution in [1.82, 2.24) is 0 Å². The predicted octanol–water partition coefficient (Wildman–Crippen LogP) is 8.18. The molecule has 0 saturated carbocycles. The van der Waals surface area contributed by atoms with Crippen molar-refractivity contribution in [3.05, 3.63) is 41.5 Å². The number of aryl methyl sites for hydroxylation is 1. The summed E-state index contributed by atoms with van der Waals surface area (Å²) in [5, 5.41) is 0. The van der Waals surface area contributed by atoms with Gasteiger partial charge in [0, 0.05) is 12.3 Å². The molecule has 2 rings (SSSR count). The topological polar surface area (TPSA) is 39.4 Å². The number of carbonyl (C=O) groups is 1. The minimum absolute atomic E-state index is 0.0567. The Balaban J connectivity index is 2.25. The van der Waals surface area contributed by atoms with E-state index < -0.39 is 8.32 Å². The van der Waals surface area contributed by atoms with Crippen LogP contribution in [0.25, 0.3) is 0 Å². The van der Waals surface area contributed by atoms with E-state index >= 15 is 0 Å². The largest absolute Gasteiger partial charge is 0.518 e. The van der Waals surface area contributed by atoms with Crippen molar-refractivity contribution < 1.29 is 13.6 Å². The van der Waals surface area contributed by atoms with Crippen LogP contribution >= 0.6 is 0 Å². The summed E-state index contributed by atoms with van der Waals surface area (Å²) in [7, 11) is -2.24. The van der Waals surface area contributed by atoms with Gasteiger partial charge in [0.25, 0.3) is 14.3 Å². The van der Waals surface area contributed by atoms with Crippen LogP contribution in [0.3, 0.4) is 0 Å². The number of fused-ring (bicyclic) bond motifs is 2. The Morgan fingerprint density at radius 2 is 1.68 bits per heavy atom. The fourth-order valence-corrected chi connectivity index (χ4v) is 10.6. The molecule has 174 valence electrons. The van der Waals surface area contributed by atoms with Gasteiger partial charge in [-0.2, -0.15) is 0 Å². The third-order valence-corrected chi connectivity index (χ3v) is 13.1. The van der Waals surface area contributed by atoms with Crippen molar-refractivity contribution >= 4 is 14.3 Å². The van der Waals surface area contributed by atoms with Gasteiger partial charge in [-0.25, -0.2) is 0 Å². The van der Waals surface area contributed by atoms with Gasteiger partial charge in [0.1, 0.15) is 11.5 Å². The molecule has 1 aromatic heterocycles. The first-order chi connectivity index (χ1) is 14.6. The van der Waals surface area contributed by atoms with Crippen molar-refractivity contribution in [3.8, 4) is 0 Å². The molecule has 0 aliphatic carbocycles. The monoisotopic (exact) mass is 444 g/mol. The van der Waals surface area contributed by atoms with Crippen LogP contribution in [0.15, 0.2) is 34.4 Å². The average Bonchev–Trinajstić information content (AvgIpc) is 3.14. The molecule has 0 spiro atoms. The van der Waals surface area contributed by atoms with Gasteiger partial charge in [0.15, 0.2) is 0 Å². The highest BCUT2D eigenvalue weighted by Crippen LogP contribution is 2.43. The first-order valence-electron chi connectivity index (χ1n) is 12.3. The van der Waals surface area contributed by atoms with E-state index in [9.17, 15) is 4.79 Å². The normalized spacial score (nSPS) is 20.8. The van der Waals surface area contributed by atoms with Crippen LogP contribution in [0.2, 0.25) is 16.6 Å². The lowest BCUT2D eigenvalue weighted by Gasteiger charge is -2.41. The van der Waals surface area contributed by atoms with E-state index in [1.807, 2.05) is 6.08 Å². The van der Waals surface area contributed by atoms with Gasteiger partial charge < -0.3 is 8.84 Å². The maximum absolute atomic E-state index is 13.4. The fraction of sp³-hybridized carbons (Fsp3) is 0.704. The molecule has 3 nitrogen and oxygen atoms in total. The second-order valence-corrected chi connectivity index (χ2v) is 15.9. The fourth-order valence-electron chi connectivity index (χ4n) is 5.43. The Morgan fingerprint density at radius 1 is 1.03 bits per heavy atom. The van der Waals surface area contributed by atoms with Gasteiger partial charge in [0.2, 0.25) is 0 Å². The molecule has 1 aliphatic heterocycles. The first-order valence-corrected chi connectivity index (χ1v) is 14.5. The summed E-state index contributed by atoms with van der Waals surface area (Å²) in [6, 6.07) is 4.26. The molecular weight excluding hydrogens is 400 g/mol. The second kappa shape index (κ2) is 11.4. The van der Waals surface area contributed by atoms with E-state index in [0.29, 0.717) is 28.5 Å². The van der Waals surface area contributed by atoms with Crippen LogP contribution in [-0.2, 0) is 15.6 Å². The third-order valence-electron chi connectivity index (χ3n) is 7.12. The van der Waals surface area contributed by atoms with Crippen LogP contribution in [0, 0.1) is 11.8 Å². The molecule has 0 aromatic carbocycles. The van der Waals surface area contributed by atoms with Crippen LogP contribution < -0.4 is 0 Å². The Hall–Kier alpha value is -1.51. The number of furan rings is 1. The maximum atomic E-state index is 13.4. The van der Waals surface area contributed by atoms with Crippen LogP contribution in [0.1, 0.15) is 98.5 Å². The highest BCUT2D eigenvalue weighted by molar-refractivity contribution is 6.78. The van der Waals surface area contributed by atoms with E-state index in [4.69, 9.17) is 8.84 Å². The van der Waals surface area contributed by atoms with Crippen molar-refractivity contribution in [2.75, 3.05) is 0 Å². The number of hydrogen-bond donors (Lipinski definition) is 0. The van der Waals surface area contributed by atoms with E-state index in [-0.39, 0.29) is 11.9 Å². The molecule has 2 heterocycles. The highest BCUT2D eigenvalue weighted by atomic mass is 28.4. The van der Waals surface area contributed by atoms with Crippen LogP contribution in [0.5, 0.6) is 0 Å². The predicted molar refractivity (Wildman–Crippen MR) is 132 cm³/mol. The SMILES string of the molecule is CC(C)C1CCC=C=CC(C(=O)O[Si](C(C)C)(C(C)C)C(C)C)CCCc2ccc1o2. The molecule has 1 aromatic rings. The van der Waals surface area contributed by atoms with Gasteiger partial charge in [-0.3, -0.25) is 4.79 Å². The maximum Gasteiger partial charge on any atom is 0.300 e. The van der Waals surface area contributed by atoms with E-state index in [0.717, 1.165) is 43.6 Å². The molecule has 2 bridgehead atoms. The third kappa shape index (κ3) is 6.26. The van der Waals surface area contributed by atoms with Crippen molar-refractivity contribution in [2.45, 2.75) is 110 Å². The Labute approximate surface area is 191 Å². The summed E-state index contributed by atoms with van der Waals surface area (Å²) in [5.74, 6) is 2.78. The molecule has 0 saturated heterocycles. The molecule has 0 radical (unpaired) electrons. The molecule has 0 fully saturated rings. The number of rotatable bonds is 6. The smallest absolute Gasteiger partial charge is 0.300 e. The average molecular weight is 445 g/mol. The zero-order valence-electron chi connectivity index (χ0n) is 21.0. The van der Waals surface area contributed by atoms with Gasteiger partial charge >= 0.3 is 0 Å². The zero-order chi connectivity index (χ0) is 23.2. The Morgan fingerprint density at radius 3 is 2.26 bits per heavy atom. The first kappa shape index (κ1) is 25.7. The summed E-state index contributed by atoms with van der Waals surface area (Å²) in [6.45, 7) is 17.8. The summed E-state index contributed by atoms with van der Waals surface area (Å²) in [6.07, 6.45) is 8.52. The molecule has 4 heteroatoms. The highest BCUT2D eigenvalue weighted by Gasteiger charge is 2.48. The Kier molecular flexibility index (Phi) is 9.45. The van der Waals surface area contributed by atoms with E-state index in [2.05, 4.69) is 79.3 Å². The lowest BCUT2D eigenvalue weighted by atomic mass is 9.89. The van der Waals surface area contributed by atoms with E-state index in [1.54, 1.807) is 0 Å². The molecule has 2 atom stereocenters. The minimum atomic E-state index is -2.24. The van der Waals surface area contributed by atoms with Gasteiger partial charge in [0.05, 0.1) is 5.92 Å². The molecule has 31 heavy (non-hydrogen) atoms. The van der Waals surface area contributed by atoms with Crippen LogP contribution in [-0.4, -0.2) is 14.3 Å². The van der Waals surface area contributed by atoms with Crippen LogP contribution in [0.4, 0.5) is 0 Å². The lowest BCUT2D eigenvalue weighted by Crippen LogP contribution is -2.50. The molecule has 1 aliphatic rings. The van der Waals surface area contributed by atoms with Gasteiger partial charge in [-0.1, -0.05) is 55.4 Å². The molecular formula is C27H44O3Si. The lowest BCUT2D eigenvalue weighted by molar-refractivity contribution is -0.139. The minimum Gasteiger partial charge on any atom is -0.518 e.